The third-order valence-corrected chi connectivity index (χ3v) is 6.46. The number of nitrogens with zero attached hydrogens (tertiary/aromatic N) is 2. The van der Waals surface area contributed by atoms with Crippen LogP contribution >= 0.6 is 11.3 Å². The predicted octanol–water partition coefficient (Wildman–Crippen LogP) is 4.06. The van der Waals surface area contributed by atoms with E-state index in [1.807, 2.05) is 54.8 Å². The zero-order valence-electron chi connectivity index (χ0n) is 18.1. The number of hydrogen-bond acceptors (Lipinski definition) is 5. The molecular formula is C25H27N3O3S. The number of aryl methyl sites for hydroxylation is 1. The molecule has 4 rings (SSSR count). The molecule has 2 aromatic heterocycles. The summed E-state index contributed by atoms with van der Waals surface area (Å²) in [6.45, 7) is 3.10. The van der Waals surface area contributed by atoms with Crippen LogP contribution in [0.4, 0.5) is 5.69 Å². The van der Waals surface area contributed by atoms with Gasteiger partial charge in [0.05, 0.1) is 12.5 Å². The van der Waals surface area contributed by atoms with Crippen molar-refractivity contribution in [1.82, 2.24) is 10.3 Å². The fourth-order valence-electron chi connectivity index (χ4n) is 3.97. The Labute approximate surface area is 192 Å². The number of ether oxygens (including phenoxy) is 1. The Kier molecular flexibility index (Phi) is 7.29. The van der Waals surface area contributed by atoms with Gasteiger partial charge in [-0.25, -0.2) is 0 Å². The van der Waals surface area contributed by atoms with Crippen molar-refractivity contribution in [2.75, 3.05) is 18.1 Å². The van der Waals surface area contributed by atoms with E-state index in [1.165, 1.54) is 11.3 Å². The van der Waals surface area contributed by atoms with E-state index >= 15 is 0 Å². The number of aromatic nitrogens is 1. The summed E-state index contributed by atoms with van der Waals surface area (Å²) in [4.78, 5) is 34.0. The molecule has 1 aromatic carbocycles. The maximum Gasteiger partial charge on any atom is 0.247 e. The molecule has 0 radical (unpaired) electrons. The molecule has 6 nitrogen and oxygen atoms in total. The number of rotatable bonds is 8. The van der Waals surface area contributed by atoms with Gasteiger partial charge in [0, 0.05) is 41.7 Å². The smallest absolute Gasteiger partial charge is 0.247 e. The molecule has 0 saturated carbocycles. The summed E-state index contributed by atoms with van der Waals surface area (Å²) in [5.74, 6) is -0.376. The molecule has 0 bridgehead atoms. The van der Waals surface area contributed by atoms with Crippen LogP contribution in [0.5, 0.6) is 0 Å². The number of carbonyl (C=O) groups is 2. The number of anilines is 1. The van der Waals surface area contributed by atoms with Crippen LogP contribution in [-0.4, -0.2) is 36.1 Å². The number of thiophene rings is 1. The predicted molar refractivity (Wildman–Crippen MR) is 126 cm³/mol. The van der Waals surface area contributed by atoms with Gasteiger partial charge in [-0.2, -0.15) is 0 Å². The zero-order chi connectivity index (χ0) is 22.3. The summed E-state index contributed by atoms with van der Waals surface area (Å²) in [5.41, 5.74) is 2.31. The monoisotopic (exact) mass is 449 g/mol. The van der Waals surface area contributed by atoms with E-state index in [4.69, 9.17) is 4.74 Å². The Morgan fingerprint density at radius 3 is 2.78 bits per heavy atom. The Morgan fingerprint density at radius 2 is 2.09 bits per heavy atom. The van der Waals surface area contributed by atoms with E-state index in [2.05, 4.69) is 10.3 Å². The van der Waals surface area contributed by atoms with Gasteiger partial charge in [-0.3, -0.25) is 19.5 Å². The standard InChI is InChI=1S/C25H27N3O3S/c1-18-7-2-3-11-22(18)28(23(29)15-21-10-6-14-32-21)24(19-8-4-12-26-16-19)25(30)27-17-20-9-5-13-31-20/h2-4,6-8,10-12,14,16,20,24H,5,9,13,15,17H2,1H3,(H,27,30)/t20-,24-/m0/s1. The second-order valence-corrected chi connectivity index (χ2v) is 8.91. The van der Waals surface area contributed by atoms with Gasteiger partial charge in [0.25, 0.3) is 0 Å². The van der Waals surface area contributed by atoms with E-state index in [0.29, 0.717) is 12.1 Å². The van der Waals surface area contributed by atoms with Crippen LogP contribution in [0.15, 0.2) is 66.3 Å². The number of benzene rings is 1. The van der Waals surface area contributed by atoms with Gasteiger partial charge in [0.1, 0.15) is 6.04 Å². The Balaban J connectivity index is 1.70. The van der Waals surface area contributed by atoms with Crippen LogP contribution in [0.3, 0.4) is 0 Å². The van der Waals surface area contributed by atoms with Crippen LogP contribution in [0.2, 0.25) is 0 Å². The summed E-state index contributed by atoms with van der Waals surface area (Å²) >= 11 is 1.53. The second-order valence-electron chi connectivity index (χ2n) is 7.88. The lowest BCUT2D eigenvalue weighted by atomic mass is 10.0. The van der Waals surface area contributed by atoms with Crippen LogP contribution in [0.1, 0.15) is 34.9 Å². The molecule has 0 spiro atoms. The van der Waals surface area contributed by atoms with Crippen LogP contribution in [-0.2, 0) is 20.7 Å². The van der Waals surface area contributed by atoms with Crippen molar-refractivity contribution in [1.29, 1.82) is 0 Å². The van der Waals surface area contributed by atoms with E-state index in [-0.39, 0.29) is 24.3 Å². The van der Waals surface area contributed by atoms with E-state index in [0.717, 1.165) is 35.6 Å². The second kappa shape index (κ2) is 10.5. The number of hydrogen-bond donors (Lipinski definition) is 1. The third kappa shape index (κ3) is 5.23. The summed E-state index contributed by atoms with van der Waals surface area (Å²) < 4.78 is 5.66. The van der Waals surface area contributed by atoms with Crippen LogP contribution in [0, 0.1) is 6.92 Å². The minimum Gasteiger partial charge on any atom is -0.376 e. The highest BCUT2D eigenvalue weighted by atomic mass is 32.1. The Hall–Kier alpha value is -3.03. The van der Waals surface area contributed by atoms with Crippen molar-refractivity contribution in [3.8, 4) is 0 Å². The van der Waals surface area contributed by atoms with Crippen molar-refractivity contribution in [3.05, 3.63) is 82.3 Å². The number of pyridine rings is 1. The quantitative estimate of drug-likeness (QED) is 0.563. The molecule has 0 unspecified atom stereocenters. The van der Waals surface area contributed by atoms with Crippen molar-refractivity contribution in [2.24, 2.45) is 0 Å². The number of nitrogens with one attached hydrogen (secondary N) is 1. The molecule has 32 heavy (non-hydrogen) atoms. The summed E-state index contributed by atoms with van der Waals surface area (Å²) in [6.07, 6.45) is 5.48. The molecule has 2 atom stereocenters. The van der Waals surface area contributed by atoms with Crippen molar-refractivity contribution < 1.29 is 14.3 Å². The minimum absolute atomic E-state index is 0.0160. The molecule has 1 aliphatic heterocycles. The molecule has 1 saturated heterocycles. The molecule has 3 aromatic rings. The van der Waals surface area contributed by atoms with Crippen molar-refractivity contribution in [3.63, 3.8) is 0 Å². The molecular weight excluding hydrogens is 422 g/mol. The average Bonchev–Trinajstić information content (AvgIpc) is 3.51. The maximum absolute atomic E-state index is 13.7. The lowest BCUT2D eigenvalue weighted by molar-refractivity contribution is -0.126. The molecule has 7 heteroatoms. The molecule has 3 heterocycles. The van der Waals surface area contributed by atoms with Crippen molar-refractivity contribution >= 4 is 28.8 Å². The number of amides is 2. The SMILES string of the molecule is Cc1ccccc1N(C(=O)Cc1cccs1)[C@H](C(=O)NC[C@@H]1CCCO1)c1cccnc1. The molecule has 1 fully saturated rings. The van der Waals surface area contributed by atoms with E-state index in [1.54, 1.807) is 23.4 Å². The highest BCUT2D eigenvalue weighted by Crippen LogP contribution is 2.31. The molecule has 0 aliphatic carbocycles. The molecule has 2 amide bonds. The van der Waals surface area contributed by atoms with Gasteiger partial charge in [0.15, 0.2) is 0 Å². The molecule has 1 N–H and O–H groups in total. The van der Waals surface area contributed by atoms with E-state index in [9.17, 15) is 9.59 Å². The lowest BCUT2D eigenvalue weighted by Gasteiger charge is -2.32. The highest BCUT2D eigenvalue weighted by Gasteiger charge is 2.34. The van der Waals surface area contributed by atoms with Crippen molar-refractivity contribution in [2.45, 2.75) is 38.3 Å². The van der Waals surface area contributed by atoms with Gasteiger partial charge in [-0.15, -0.1) is 11.3 Å². The fourth-order valence-corrected chi connectivity index (χ4v) is 4.67. The minimum atomic E-state index is -0.835. The third-order valence-electron chi connectivity index (χ3n) is 5.58. The maximum atomic E-state index is 13.7. The Morgan fingerprint density at radius 1 is 1.22 bits per heavy atom. The number of para-hydroxylation sites is 1. The first kappa shape index (κ1) is 22.2. The Bertz CT molecular complexity index is 1030. The first-order chi connectivity index (χ1) is 15.6. The van der Waals surface area contributed by atoms with Gasteiger partial charge in [0.2, 0.25) is 11.8 Å². The molecule has 166 valence electrons. The van der Waals surface area contributed by atoms with Gasteiger partial charge < -0.3 is 10.1 Å². The van der Waals surface area contributed by atoms with Crippen LogP contribution < -0.4 is 10.2 Å². The zero-order valence-corrected chi connectivity index (χ0v) is 18.9. The fraction of sp³-hybridized carbons (Fsp3) is 0.320. The van der Waals surface area contributed by atoms with Gasteiger partial charge in [-0.05, 0) is 48.9 Å². The normalized spacial score (nSPS) is 16.5. The number of carbonyl (C=O) groups excluding carboxylic acids is 2. The van der Waals surface area contributed by atoms with Gasteiger partial charge in [-0.1, -0.05) is 30.3 Å². The topological polar surface area (TPSA) is 71.5 Å². The lowest BCUT2D eigenvalue weighted by Crippen LogP contribution is -2.46. The first-order valence-corrected chi connectivity index (χ1v) is 11.7. The molecule has 1 aliphatic rings. The average molecular weight is 450 g/mol. The highest BCUT2D eigenvalue weighted by molar-refractivity contribution is 7.10. The van der Waals surface area contributed by atoms with Crippen LogP contribution in [0.25, 0.3) is 0 Å². The van der Waals surface area contributed by atoms with E-state index < -0.39 is 6.04 Å². The summed E-state index contributed by atoms with van der Waals surface area (Å²) in [6, 6.07) is 14.3. The van der Waals surface area contributed by atoms with Gasteiger partial charge >= 0.3 is 0 Å². The largest absolute Gasteiger partial charge is 0.376 e. The summed E-state index contributed by atoms with van der Waals surface area (Å²) in [5, 5.41) is 4.98. The summed E-state index contributed by atoms with van der Waals surface area (Å²) in [7, 11) is 0. The first-order valence-electron chi connectivity index (χ1n) is 10.8.